The van der Waals surface area contributed by atoms with E-state index >= 15 is 0 Å². The summed E-state index contributed by atoms with van der Waals surface area (Å²) >= 11 is 0. The number of hydrogen-bond acceptors (Lipinski definition) is 2. The van der Waals surface area contributed by atoms with Crippen LogP contribution in [-0.2, 0) is 12.8 Å². The van der Waals surface area contributed by atoms with Crippen LogP contribution in [0.25, 0.3) is 11.0 Å². The number of benzene rings is 2. The maximum Gasteiger partial charge on any atom is 0.108 e. The highest BCUT2D eigenvalue weighted by Gasteiger charge is 2.03. The van der Waals surface area contributed by atoms with Crippen LogP contribution in [0.5, 0.6) is 0 Å². The number of nitrogens with one attached hydrogen (secondary N) is 2. The fraction of sp³-hybridized carbons (Fsp3) is 0.278. The van der Waals surface area contributed by atoms with Gasteiger partial charge in [-0.1, -0.05) is 31.2 Å². The summed E-state index contributed by atoms with van der Waals surface area (Å²) in [4.78, 5) is 8.07. The second-order valence-electron chi connectivity index (χ2n) is 5.38. The van der Waals surface area contributed by atoms with E-state index in [1.165, 1.54) is 16.8 Å². The first-order valence-corrected chi connectivity index (χ1v) is 7.53. The van der Waals surface area contributed by atoms with Gasteiger partial charge in [-0.2, -0.15) is 0 Å². The Labute approximate surface area is 125 Å². The Hall–Kier alpha value is -2.29. The molecule has 3 rings (SSSR count). The quantitative estimate of drug-likeness (QED) is 0.738. The van der Waals surface area contributed by atoms with Gasteiger partial charge < -0.3 is 10.3 Å². The molecule has 108 valence electrons. The maximum absolute atomic E-state index is 4.65. The van der Waals surface area contributed by atoms with Gasteiger partial charge >= 0.3 is 0 Å². The molecule has 0 saturated heterocycles. The van der Waals surface area contributed by atoms with E-state index in [9.17, 15) is 0 Å². The van der Waals surface area contributed by atoms with Crippen molar-refractivity contribution in [1.82, 2.24) is 9.97 Å². The van der Waals surface area contributed by atoms with Crippen LogP contribution < -0.4 is 5.32 Å². The van der Waals surface area contributed by atoms with E-state index in [1.54, 1.807) is 0 Å². The van der Waals surface area contributed by atoms with Crippen LogP contribution in [0.4, 0.5) is 5.69 Å². The molecular weight excluding hydrogens is 258 g/mol. The van der Waals surface area contributed by atoms with E-state index < -0.39 is 0 Å². The van der Waals surface area contributed by atoms with Crippen LogP contribution in [0.3, 0.4) is 0 Å². The Morgan fingerprint density at radius 3 is 2.81 bits per heavy atom. The molecule has 0 radical (unpaired) electrons. The summed E-state index contributed by atoms with van der Waals surface area (Å²) in [6.45, 7) is 5.17. The Morgan fingerprint density at radius 1 is 1.14 bits per heavy atom. The second kappa shape index (κ2) is 6.00. The summed E-state index contributed by atoms with van der Waals surface area (Å²) in [5, 5.41) is 3.47. The van der Waals surface area contributed by atoms with E-state index in [1.807, 2.05) is 0 Å². The minimum atomic E-state index is 0.880. The molecule has 0 aliphatic rings. The fourth-order valence-electron chi connectivity index (χ4n) is 2.53. The minimum Gasteiger partial charge on any atom is -0.384 e. The molecule has 0 bridgehead atoms. The van der Waals surface area contributed by atoms with Gasteiger partial charge in [0, 0.05) is 18.7 Å². The average Bonchev–Trinajstić information content (AvgIpc) is 2.90. The van der Waals surface area contributed by atoms with Gasteiger partial charge in [0.2, 0.25) is 0 Å². The molecule has 0 spiro atoms. The molecule has 21 heavy (non-hydrogen) atoms. The van der Waals surface area contributed by atoms with Crippen molar-refractivity contribution in [3.8, 4) is 0 Å². The summed E-state index contributed by atoms with van der Waals surface area (Å²) in [7, 11) is 0. The van der Waals surface area contributed by atoms with Gasteiger partial charge in [0.15, 0.2) is 0 Å². The van der Waals surface area contributed by atoms with Gasteiger partial charge in [-0.3, -0.25) is 0 Å². The van der Waals surface area contributed by atoms with Crippen molar-refractivity contribution in [2.45, 2.75) is 26.7 Å². The maximum atomic E-state index is 4.65. The van der Waals surface area contributed by atoms with Crippen molar-refractivity contribution in [2.75, 3.05) is 11.9 Å². The van der Waals surface area contributed by atoms with E-state index in [2.05, 4.69) is 71.6 Å². The molecule has 3 heteroatoms. The predicted octanol–water partition coefficient (Wildman–Crippen LogP) is 4.09. The highest BCUT2D eigenvalue weighted by molar-refractivity contribution is 5.75. The van der Waals surface area contributed by atoms with E-state index in [0.29, 0.717) is 0 Å². The molecule has 0 fully saturated rings. The lowest BCUT2D eigenvalue weighted by Gasteiger charge is -2.07. The third-order valence-electron chi connectivity index (χ3n) is 3.83. The van der Waals surface area contributed by atoms with Gasteiger partial charge in [-0.25, -0.2) is 4.98 Å². The van der Waals surface area contributed by atoms with Crippen molar-refractivity contribution >= 4 is 16.7 Å². The number of anilines is 1. The van der Waals surface area contributed by atoms with Gasteiger partial charge in [0.1, 0.15) is 5.82 Å². The monoisotopic (exact) mass is 279 g/mol. The zero-order chi connectivity index (χ0) is 14.7. The number of para-hydroxylation sites is 1. The molecule has 0 aliphatic carbocycles. The summed E-state index contributed by atoms with van der Waals surface area (Å²) in [5.74, 6) is 1.04. The minimum absolute atomic E-state index is 0.880. The SMILES string of the molecule is CCc1ccc2nc(CCNc3ccccc3C)[nH]c2c1. The third kappa shape index (κ3) is 3.07. The van der Waals surface area contributed by atoms with Crippen molar-refractivity contribution in [3.05, 3.63) is 59.4 Å². The standard InChI is InChI=1S/C18H21N3/c1-3-14-8-9-16-17(12-14)21-18(20-16)10-11-19-15-7-5-4-6-13(15)2/h4-9,12,19H,3,10-11H2,1-2H3,(H,20,21). The Morgan fingerprint density at radius 2 is 2.00 bits per heavy atom. The van der Waals surface area contributed by atoms with Crippen LogP contribution in [-0.4, -0.2) is 16.5 Å². The highest BCUT2D eigenvalue weighted by Crippen LogP contribution is 2.16. The van der Waals surface area contributed by atoms with Gasteiger partial charge in [0.25, 0.3) is 0 Å². The van der Waals surface area contributed by atoms with Crippen LogP contribution in [0.2, 0.25) is 0 Å². The Kier molecular flexibility index (Phi) is 3.91. The number of fused-ring (bicyclic) bond motifs is 1. The molecule has 0 aliphatic heterocycles. The third-order valence-corrected chi connectivity index (χ3v) is 3.83. The fourth-order valence-corrected chi connectivity index (χ4v) is 2.53. The second-order valence-corrected chi connectivity index (χ2v) is 5.38. The van der Waals surface area contributed by atoms with Gasteiger partial charge in [-0.05, 0) is 42.7 Å². The number of rotatable bonds is 5. The lowest BCUT2D eigenvalue weighted by Crippen LogP contribution is -2.06. The molecule has 3 nitrogen and oxygen atoms in total. The number of aromatic nitrogens is 2. The van der Waals surface area contributed by atoms with Crippen LogP contribution in [0.1, 0.15) is 23.9 Å². The lowest BCUT2D eigenvalue weighted by molar-refractivity contribution is 0.933. The number of H-pyrrole nitrogens is 1. The molecule has 0 amide bonds. The molecule has 0 saturated carbocycles. The van der Waals surface area contributed by atoms with E-state index in [4.69, 9.17) is 0 Å². The number of hydrogen-bond donors (Lipinski definition) is 2. The molecule has 0 unspecified atom stereocenters. The van der Waals surface area contributed by atoms with E-state index in [0.717, 1.165) is 36.2 Å². The molecule has 3 aromatic rings. The summed E-state index contributed by atoms with van der Waals surface area (Å²) in [6, 6.07) is 14.8. The zero-order valence-electron chi connectivity index (χ0n) is 12.6. The highest BCUT2D eigenvalue weighted by atomic mass is 14.9. The molecule has 1 heterocycles. The lowest BCUT2D eigenvalue weighted by atomic mass is 10.1. The first-order chi connectivity index (χ1) is 10.3. The van der Waals surface area contributed by atoms with Gasteiger partial charge in [0.05, 0.1) is 11.0 Å². The molecular formula is C18H21N3. The molecule has 1 aromatic heterocycles. The van der Waals surface area contributed by atoms with Crippen LogP contribution in [0.15, 0.2) is 42.5 Å². The predicted molar refractivity (Wildman–Crippen MR) is 88.8 cm³/mol. The average molecular weight is 279 g/mol. The summed E-state index contributed by atoms with van der Waals surface area (Å²) in [6.07, 6.45) is 1.95. The molecule has 2 aromatic carbocycles. The van der Waals surface area contributed by atoms with E-state index in [-0.39, 0.29) is 0 Å². The van der Waals surface area contributed by atoms with Gasteiger partial charge in [-0.15, -0.1) is 0 Å². The van der Waals surface area contributed by atoms with Crippen LogP contribution >= 0.6 is 0 Å². The summed E-state index contributed by atoms with van der Waals surface area (Å²) in [5.41, 5.74) is 6.01. The van der Waals surface area contributed by atoms with Crippen molar-refractivity contribution < 1.29 is 0 Å². The first kappa shape index (κ1) is 13.7. The topological polar surface area (TPSA) is 40.7 Å². The molecule has 0 atom stereocenters. The normalized spacial score (nSPS) is 11.0. The largest absolute Gasteiger partial charge is 0.384 e. The first-order valence-electron chi connectivity index (χ1n) is 7.53. The Bertz CT molecular complexity index is 743. The number of aromatic amines is 1. The number of nitrogens with zero attached hydrogens (tertiary/aromatic N) is 1. The van der Waals surface area contributed by atoms with Crippen LogP contribution in [0, 0.1) is 6.92 Å². The number of aryl methyl sites for hydroxylation is 2. The Balaban J connectivity index is 1.67. The smallest absolute Gasteiger partial charge is 0.108 e. The van der Waals surface area contributed by atoms with Crippen molar-refractivity contribution in [2.24, 2.45) is 0 Å². The van der Waals surface area contributed by atoms with Crippen molar-refractivity contribution in [3.63, 3.8) is 0 Å². The summed E-state index contributed by atoms with van der Waals surface area (Å²) < 4.78 is 0. The van der Waals surface area contributed by atoms with Crippen molar-refractivity contribution in [1.29, 1.82) is 0 Å². The zero-order valence-corrected chi connectivity index (χ0v) is 12.6. The molecule has 2 N–H and O–H groups in total. The number of imidazole rings is 1.